The molecule has 7 heteroatoms. The fraction of sp³-hybridized carbons (Fsp3) is 0.217. The highest BCUT2D eigenvalue weighted by atomic mass is 16.3. The minimum absolute atomic E-state index is 0.00937. The van der Waals surface area contributed by atoms with Crippen LogP contribution in [0.5, 0.6) is 0 Å². The Hall–Kier alpha value is -3.74. The maximum absolute atomic E-state index is 13.2. The third-order valence-electron chi connectivity index (χ3n) is 5.50. The molecule has 5 rings (SSSR count). The van der Waals surface area contributed by atoms with Crippen LogP contribution in [0.2, 0.25) is 0 Å². The van der Waals surface area contributed by atoms with E-state index in [0.29, 0.717) is 30.4 Å². The number of benzene rings is 2. The molecule has 0 saturated heterocycles. The molecule has 150 valence electrons. The quantitative estimate of drug-likeness (QED) is 0.518. The first-order chi connectivity index (χ1) is 14.6. The zero-order valence-corrected chi connectivity index (χ0v) is 16.8. The van der Waals surface area contributed by atoms with E-state index in [1.54, 1.807) is 6.26 Å². The van der Waals surface area contributed by atoms with Gasteiger partial charge in [-0.2, -0.15) is 0 Å². The fourth-order valence-corrected chi connectivity index (χ4v) is 3.88. The average Bonchev–Trinajstić information content (AvgIpc) is 3.41. The number of rotatable bonds is 3. The van der Waals surface area contributed by atoms with Gasteiger partial charge in [0.25, 0.3) is 11.8 Å². The van der Waals surface area contributed by atoms with Crippen molar-refractivity contribution in [1.29, 1.82) is 0 Å². The van der Waals surface area contributed by atoms with Crippen molar-refractivity contribution >= 4 is 5.91 Å². The highest BCUT2D eigenvalue weighted by Gasteiger charge is 2.33. The molecule has 4 aromatic rings. The summed E-state index contributed by atoms with van der Waals surface area (Å²) < 4.78 is 7.47. The first-order valence-corrected chi connectivity index (χ1v) is 9.94. The molecule has 0 saturated carbocycles. The summed E-state index contributed by atoms with van der Waals surface area (Å²) in [6, 6.07) is 17.7. The summed E-state index contributed by atoms with van der Waals surface area (Å²) in [6.45, 7) is 5.00. The van der Waals surface area contributed by atoms with Crippen LogP contribution >= 0.6 is 0 Å². The van der Waals surface area contributed by atoms with E-state index in [-0.39, 0.29) is 11.9 Å². The molecule has 0 bridgehead atoms. The Bertz CT molecular complexity index is 1190. The molecule has 0 N–H and O–H groups in total. The lowest BCUT2D eigenvalue weighted by Gasteiger charge is -2.33. The molecule has 0 aliphatic carbocycles. The Morgan fingerprint density at radius 3 is 2.43 bits per heavy atom. The van der Waals surface area contributed by atoms with Gasteiger partial charge >= 0.3 is 0 Å². The lowest BCUT2D eigenvalue weighted by molar-refractivity contribution is 0.0638. The van der Waals surface area contributed by atoms with E-state index >= 15 is 0 Å². The van der Waals surface area contributed by atoms with Crippen molar-refractivity contribution in [2.24, 2.45) is 0 Å². The van der Waals surface area contributed by atoms with Crippen LogP contribution in [0, 0.1) is 6.92 Å². The number of oxazole rings is 1. The zero-order valence-electron chi connectivity index (χ0n) is 16.8. The summed E-state index contributed by atoms with van der Waals surface area (Å²) in [5, 5.41) is 8.58. The van der Waals surface area contributed by atoms with Crippen molar-refractivity contribution in [3.05, 3.63) is 77.9 Å². The van der Waals surface area contributed by atoms with Gasteiger partial charge in [0.05, 0.1) is 11.7 Å². The van der Waals surface area contributed by atoms with Crippen LogP contribution in [0.3, 0.4) is 0 Å². The largest absolute Gasteiger partial charge is 0.442 e. The standard InChI is InChI=1S/C23H21N5O2/c1-15-14-30-22(24-15)21-26-25-20-16(2)27(12-13-28(20)21)23(29)19-10-8-18(9-11-19)17-6-4-3-5-7-17/h3-11,14,16H,12-13H2,1-2H3. The second-order valence-electron chi connectivity index (χ2n) is 7.45. The minimum atomic E-state index is -0.197. The van der Waals surface area contributed by atoms with E-state index in [4.69, 9.17) is 4.42 Å². The Balaban J connectivity index is 1.38. The van der Waals surface area contributed by atoms with Gasteiger partial charge < -0.3 is 13.9 Å². The maximum Gasteiger partial charge on any atom is 0.265 e. The Morgan fingerprint density at radius 1 is 1.00 bits per heavy atom. The molecular formula is C23H21N5O2. The van der Waals surface area contributed by atoms with E-state index in [2.05, 4.69) is 27.3 Å². The summed E-state index contributed by atoms with van der Waals surface area (Å²) in [4.78, 5) is 19.4. The van der Waals surface area contributed by atoms with Crippen LogP contribution in [-0.4, -0.2) is 37.1 Å². The monoisotopic (exact) mass is 399 g/mol. The van der Waals surface area contributed by atoms with Crippen molar-refractivity contribution in [3.8, 4) is 22.8 Å². The minimum Gasteiger partial charge on any atom is -0.442 e. The molecule has 7 nitrogen and oxygen atoms in total. The van der Waals surface area contributed by atoms with E-state index in [1.807, 2.05) is 65.8 Å². The van der Waals surface area contributed by atoms with E-state index < -0.39 is 0 Å². The van der Waals surface area contributed by atoms with Gasteiger partial charge in [0.1, 0.15) is 6.26 Å². The molecule has 2 aromatic carbocycles. The highest BCUT2D eigenvalue weighted by molar-refractivity contribution is 5.95. The molecule has 3 heterocycles. The second-order valence-corrected chi connectivity index (χ2v) is 7.45. The predicted octanol–water partition coefficient (Wildman–Crippen LogP) is 4.13. The van der Waals surface area contributed by atoms with Gasteiger partial charge in [-0.25, -0.2) is 4.98 Å². The number of aryl methyl sites for hydroxylation is 1. The number of carbonyl (C=O) groups excluding carboxylic acids is 1. The van der Waals surface area contributed by atoms with Crippen molar-refractivity contribution < 1.29 is 9.21 Å². The molecule has 2 aromatic heterocycles. The third-order valence-corrected chi connectivity index (χ3v) is 5.50. The molecular weight excluding hydrogens is 378 g/mol. The molecule has 30 heavy (non-hydrogen) atoms. The fourth-order valence-electron chi connectivity index (χ4n) is 3.88. The topological polar surface area (TPSA) is 77.0 Å². The highest BCUT2D eigenvalue weighted by Crippen LogP contribution is 2.29. The van der Waals surface area contributed by atoms with E-state index in [9.17, 15) is 4.79 Å². The van der Waals surface area contributed by atoms with Gasteiger partial charge in [-0.15, -0.1) is 10.2 Å². The number of aromatic nitrogens is 4. The Morgan fingerprint density at radius 2 is 1.73 bits per heavy atom. The van der Waals surface area contributed by atoms with Crippen LogP contribution in [0.1, 0.15) is 34.8 Å². The first-order valence-electron chi connectivity index (χ1n) is 9.94. The Labute approximate surface area is 174 Å². The van der Waals surface area contributed by atoms with Gasteiger partial charge in [-0.3, -0.25) is 4.79 Å². The lowest BCUT2D eigenvalue weighted by atomic mass is 10.0. The smallest absolute Gasteiger partial charge is 0.265 e. The summed E-state index contributed by atoms with van der Waals surface area (Å²) in [7, 11) is 0. The molecule has 1 aliphatic heterocycles. The van der Waals surface area contributed by atoms with Crippen LogP contribution < -0.4 is 0 Å². The van der Waals surface area contributed by atoms with Gasteiger partial charge in [0.2, 0.25) is 5.82 Å². The van der Waals surface area contributed by atoms with Crippen LogP contribution in [0.25, 0.3) is 22.8 Å². The van der Waals surface area contributed by atoms with Crippen LogP contribution in [0.15, 0.2) is 65.3 Å². The van der Waals surface area contributed by atoms with Crippen molar-refractivity contribution in [2.75, 3.05) is 6.54 Å². The Kier molecular flexibility index (Phi) is 4.43. The maximum atomic E-state index is 13.2. The summed E-state index contributed by atoms with van der Waals surface area (Å²) >= 11 is 0. The first kappa shape index (κ1) is 18.3. The van der Waals surface area contributed by atoms with Crippen molar-refractivity contribution in [3.63, 3.8) is 0 Å². The SMILES string of the molecule is Cc1coc(-c2nnc3n2CCN(C(=O)c2ccc(-c4ccccc4)cc2)C3C)n1. The summed E-state index contributed by atoms with van der Waals surface area (Å²) in [6.07, 6.45) is 1.60. The van der Waals surface area contributed by atoms with Crippen molar-refractivity contribution in [1.82, 2.24) is 24.6 Å². The molecule has 0 fully saturated rings. The summed E-state index contributed by atoms with van der Waals surface area (Å²) in [5.74, 6) is 1.78. The second kappa shape index (κ2) is 7.26. The molecule has 1 unspecified atom stereocenters. The van der Waals surface area contributed by atoms with Crippen LogP contribution in [-0.2, 0) is 6.54 Å². The van der Waals surface area contributed by atoms with E-state index in [0.717, 1.165) is 22.6 Å². The van der Waals surface area contributed by atoms with Gasteiger partial charge in [0, 0.05) is 18.7 Å². The number of hydrogen-bond acceptors (Lipinski definition) is 5. The average molecular weight is 399 g/mol. The lowest BCUT2D eigenvalue weighted by Crippen LogP contribution is -2.41. The summed E-state index contributed by atoms with van der Waals surface area (Å²) in [5.41, 5.74) is 3.68. The number of carbonyl (C=O) groups is 1. The number of amides is 1. The predicted molar refractivity (Wildman–Crippen MR) is 112 cm³/mol. The number of hydrogen-bond donors (Lipinski definition) is 0. The molecule has 1 aliphatic rings. The normalized spacial score (nSPS) is 15.8. The van der Waals surface area contributed by atoms with Gasteiger partial charge in [0.15, 0.2) is 5.82 Å². The van der Waals surface area contributed by atoms with Crippen LogP contribution in [0.4, 0.5) is 0 Å². The molecule has 1 atom stereocenters. The zero-order chi connectivity index (χ0) is 20.7. The third kappa shape index (κ3) is 3.08. The van der Waals surface area contributed by atoms with Gasteiger partial charge in [-0.1, -0.05) is 42.5 Å². The van der Waals surface area contributed by atoms with Crippen molar-refractivity contribution in [2.45, 2.75) is 26.4 Å². The van der Waals surface area contributed by atoms with Gasteiger partial charge in [-0.05, 0) is 37.1 Å². The molecule has 0 radical (unpaired) electrons. The number of nitrogens with zero attached hydrogens (tertiary/aromatic N) is 5. The van der Waals surface area contributed by atoms with E-state index in [1.165, 1.54) is 0 Å². The number of fused-ring (bicyclic) bond motifs is 1. The molecule has 0 spiro atoms. The molecule has 1 amide bonds.